The third-order valence-electron chi connectivity index (χ3n) is 4.31. The van der Waals surface area contributed by atoms with Crippen molar-refractivity contribution in [1.82, 2.24) is 34.6 Å². The zero-order valence-corrected chi connectivity index (χ0v) is 18.0. The summed E-state index contributed by atoms with van der Waals surface area (Å²) in [6.45, 7) is 2.35. The lowest BCUT2D eigenvalue weighted by Gasteiger charge is -2.18. The van der Waals surface area contributed by atoms with Crippen LogP contribution in [0.25, 0.3) is 11.5 Å². The van der Waals surface area contributed by atoms with E-state index in [9.17, 15) is 4.79 Å². The summed E-state index contributed by atoms with van der Waals surface area (Å²) in [5.74, 6) is 0.198. The standard InChI is InChI=1S/C18H17Cl2N9O2/c1-10(9-31-2)16-13(8-21-15-6-14(20)27-28(15)16)26-18(30)25-12-5-11(19)7-22-17(12)29-23-3-4-24-29/h3-8,10H,9H2,1-2H3,(H2,25,26,30)/t10-/m0/s1. The van der Waals surface area contributed by atoms with Crippen LogP contribution in [0, 0.1) is 0 Å². The van der Waals surface area contributed by atoms with Crippen LogP contribution in [0.5, 0.6) is 0 Å². The maximum absolute atomic E-state index is 12.8. The Morgan fingerprint density at radius 2 is 1.87 bits per heavy atom. The Hall–Kier alpha value is -3.28. The molecule has 2 amide bonds. The first-order valence-electron chi connectivity index (χ1n) is 9.09. The minimum absolute atomic E-state index is 0.113. The number of anilines is 2. The lowest BCUT2D eigenvalue weighted by molar-refractivity contribution is 0.182. The van der Waals surface area contributed by atoms with Gasteiger partial charge in [0.1, 0.15) is 0 Å². The minimum Gasteiger partial charge on any atom is -0.384 e. The maximum Gasteiger partial charge on any atom is 0.323 e. The third-order valence-corrected chi connectivity index (χ3v) is 4.70. The highest BCUT2D eigenvalue weighted by atomic mass is 35.5. The SMILES string of the molecule is COC[C@H](C)c1c(NC(=O)Nc2cc(Cl)cnc2-n2nccn2)cnc2cc(Cl)nn12. The van der Waals surface area contributed by atoms with Crippen LogP contribution in [0.3, 0.4) is 0 Å². The zero-order valence-electron chi connectivity index (χ0n) is 16.5. The second-order valence-electron chi connectivity index (χ2n) is 6.57. The summed E-state index contributed by atoms with van der Waals surface area (Å²) in [6, 6.07) is 2.65. The van der Waals surface area contributed by atoms with Crippen molar-refractivity contribution in [2.24, 2.45) is 0 Å². The summed E-state index contributed by atoms with van der Waals surface area (Å²) >= 11 is 12.1. The second kappa shape index (κ2) is 8.84. The van der Waals surface area contributed by atoms with Gasteiger partial charge in [-0.15, -0.1) is 4.80 Å². The number of carbonyl (C=O) groups excluding carboxylic acids is 1. The normalized spacial score (nSPS) is 12.1. The van der Waals surface area contributed by atoms with E-state index >= 15 is 0 Å². The number of nitrogens with zero attached hydrogens (tertiary/aromatic N) is 7. The fourth-order valence-corrected chi connectivity index (χ4v) is 3.44. The van der Waals surface area contributed by atoms with Gasteiger partial charge in [-0.1, -0.05) is 30.1 Å². The molecule has 0 spiro atoms. The van der Waals surface area contributed by atoms with Crippen molar-refractivity contribution in [2.45, 2.75) is 12.8 Å². The summed E-state index contributed by atoms with van der Waals surface area (Å²) in [6.07, 6.45) is 5.98. The van der Waals surface area contributed by atoms with Crippen LogP contribution in [-0.4, -0.2) is 54.3 Å². The number of nitrogens with one attached hydrogen (secondary N) is 2. The molecule has 0 bridgehead atoms. The Morgan fingerprint density at radius 1 is 1.13 bits per heavy atom. The molecule has 4 aromatic rings. The molecule has 0 saturated heterocycles. The van der Waals surface area contributed by atoms with Crippen LogP contribution in [0.1, 0.15) is 18.5 Å². The Balaban J connectivity index is 1.65. The second-order valence-corrected chi connectivity index (χ2v) is 7.40. The average molecular weight is 462 g/mol. The number of ether oxygens (including phenoxy) is 1. The van der Waals surface area contributed by atoms with Crippen LogP contribution in [0.2, 0.25) is 10.2 Å². The monoisotopic (exact) mass is 461 g/mol. The van der Waals surface area contributed by atoms with Gasteiger partial charge in [0.2, 0.25) is 0 Å². The van der Waals surface area contributed by atoms with Gasteiger partial charge in [-0.3, -0.25) is 0 Å². The van der Waals surface area contributed by atoms with Crippen LogP contribution in [0.15, 0.2) is 36.9 Å². The van der Waals surface area contributed by atoms with Crippen molar-refractivity contribution in [3.05, 3.63) is 52.8 Å². The molecule has 1 atom stereocenters. The molecule has 4 aromatic heterocycles. The molecule has 160 valence electrons. The number of methoxy groups -OCH3 is 1. The first kappa shape index (κ1) is 21.0. The van der Waals surface area contributed by atoms with E-state index in [1.807, 2.05) is 6.92 Å². The first-order valence-corrected chi connectivity index (χ1v) is 9.85. The van der Waals surface area contributed by atoms with E-state index in [1.165, 1.54) is 23.4 Å². The largest absolute Gasteiger partial charge is 0.384 e. The van der Waals surface area contributed by atoms with Crippen molar-refractivity contribution in [2.75, 3.05) is 24.4 Å². The Morgan fingerprint density at radius 3 is 2.61 bits per heavy atom. The molecule has 4 rings (SSSR count). The minimum atomic E-state index is -0.539. The van der Waals surface area contributed by atoms with Crippen LogP contribution in [-0.2, 0) is 4.74 Å². The van der Waals surface area contributed by atoms with E-state index in [1.54, 1.807) is 30.0 Å². The number of rotatable bonds is 6. The number of urea groups is 1. The molecular formula is C18H17Cl2N9O2. The van der Waals surface area contributed by atoms with E-state index in [2.05, 4.69) is 35.9 Å². The number of hydrogen-bond acceptors (Lipinski definition) is 7. The van der Waals surface area contributed by atoms with Crippen molar-refractivity contribution in [3.8, 4) is 5.82 Å². The number of aromatic nitrogens is 7. The summed E-state index contributed by atoms with van der Waals surface area (Å²) < 4.78 is 6.86. The van der Waals surface area contributed by atoms with Crippen LogP contribution in [0.4, 0.5) is 16.2 Å². The van der Waals surface area contributed by atoms with E-state index in [-0.39, 0.29) is 5.92 Å². The lowest BCUT2D eigenvalue weighted by Crippen LogP contribution is -2.24. The van der Waals surface area contributed by atoms with Gasteiger partial charge in [-0.2, -0.15) is 15.3 Å². The molecule has 2 N–H and O–H groups in total. The number of carbonyl (C=O) groups is 1. The predicted molar refractivity (Wildman–Crippen MR) is 115 cm³/mol. The lowest BCUT2D eigenvalue weighted by atomic mass is 10.1. The molecule has 31 heavy (non-hydrogen) atoms. The molecule has 0 aromatic carbocycles. The van der Waals surface area contributed by atoms with Crippen molar-refractivity contribution >= 4 is 46.3 Å². The molecular weight excluding hydrogens is 445 g/mol. The predicted octanol–water partition coefficient (Wildman–Crippen LogP) is 3.41. The molecule has 0 aliphatic rings. The van der Waals surface area contributed by atoms with E-state index in [0.29, 0.717) is 45.3 Å². The van der Waals surface area contributed by atoms with Gasteiger partial charge >= 0.3 is 6.03 Å². The molecule has 0 saturated carbocycles. The van der Waals surface area contributed by atoms with Crippen molar-refractivity contribution < 1.29 is 9.53 Å². The molecule has 0 unspecified atom stereocenters. The summed E-state index contributed by atoms with van der Waals surface area (Å²) in [7, 11) is 1.60. The zero-order chi connectivity index (χ0) is 22.0. The first-order chi connectivity index (χ1) is 15.0. The Labute approximate surface area is 186 Å². The molecule has 4 heterocycles. The maximum atomic E-state index is 12.8. The van der Waals surface area contributed by atoms with Gasteiger partial charge in [0.15, 0.2) is 16.6 Å². The average Bonchev–Trinajstić information content (AvgIpc) is 3.37. The highest BCUT2D eigenvalue weighted by molar-refractivity contribution is 6.31. The van der Waals surface area contributed by atoms with E-state index in [4.69, 9.17) is 27.9 Å². The number of hydrogen-bond donors (Lipinski definition) is 2. The van der Waals surface area contributed by atoms with Gasteiger partial charge < -0.3 is 15.4 Å². The molecule has 0 aliphatic carbocycles. The fraction of sp³-hybridized carbons (Fsp3) is 0.222. The van der Waals surface area contributed by atoms with Gasteiger partial charge in [0.05, 0.1) is 47.3 Å². The number of pyridine rings is 1. The highest BCUT2D eigenvalue weighted by Crippen LogP contribution is 2.27. The topological polar surface area (TPSA) is 124 Å². The van der Waals surface area contributed by atoms with Gasteiger partial charge in [-0.05, 0) is 6.07 Å². The van der Waals surface area contributed by atoms with Crippen molar-refractivity contribution in [3.63, 3.8) is 0 Å². The van der Waals surface area contributed by atoms with Gasteiger partial charge in [-0.25, -0.2) is 19.3 Å². The van der Waals surface area contributed by atoms with Crippen LogP contribution >= 0.6 is 23.2 Å². The fourth-order valence-electron chi connectivity index (χ4n) is 3.11. The molecule has 0 aliphatic heterocycles. The van der Waals surface area contributed by atoms with E-state index in [0.717, 1.165) is 0 Å². The van der Waals surface area contributed by atoms with Gasteiger partial charge in [0, 0.05) is 25.3 Å². The molecule has 13 heteroatoms. The smallest absolute Gasteiger partial charge is 0.323 e. The quantitative estimate of drug-likeness (QED) is 0.450. The van der Waals surface area contributed by atoms with Crippen molar-refractivity contribution in [1.29, 1.82) is 0 Å². The highest BCUT2D eigenvalue weighted by Gasteiger charge is 2.20. The number of amides is 2. The molecule has 0 radical (unpaired) electrons. The molecule has 11 nitrogen and oxygen atoms in total. The number of fused-ring (bicyclic) bond motifs is 1. The summed E-state index contributed by atoms with van der Waals surface area (Å²) in [5, 5.41) is 18.5. The third kappa shape index (κ3) is 4.43. The summed E-state index contributed by atoms with van der Waals surface area (Å²) in [4.78, 5) is 22.6. The summed E-state index contributed by atoms with van der Waals surface area (Å²) in [5.41, 5.74) is 2.01. The van der Waals surface area contributed by atoms with E-state index < -0.39 is 6.03 Å². The Kier molecular flexibility index (Phi) is 5.98. The number of halogens is 2. The van der Waals surface area contributed by atoms with Gasteiger partial charge in [0.25, 0.3) is 0 Å². The van der Waals surface area contributed by atoms with Crippen LogP contribution < -0.4 is 10.6 Å². The molecule has 0 fully saturated rings. The Bertz CT molecular complexity index is 1230.